The maximum absolute atomic E-state index is 3.43. The molecule has 43 heavy (non-hydrogen) atoms. The first-order valence-electron chi connectivity index (χ1n) is 17.9. The van der Waals surface area contributed by atoms with Gasteiger partial charge in [0.25, 0.3) is 0 Å². The Balaban J connectivity index is 0.000000257. The van der Waals surface area contributed by atoms with Gasteiger partial charge in [0, 0.05) is 18.8 Å². The van der Waals surface area contributed by atoms with Crippen LogP contribution < -0.4 is 10.2 Å². The van der Waals surface area contributed by atoms with Gasteiger partial charge in [-0.2, -0.15) is 0 Å². The molecule has 1 saturated heterocycles. The van der Waals surface area contributed by atoms with Gasteiger partial charge in [-0.25, -0.2) is 0 Å². The molecule has 0 radical (unpaired) electrons. The molecule has 0 unspecified atom stereocenters. The molecule has 2 nitrogen and oxygen atoms in total. The van der Waals surface area contributed by atoms with Gasteiger partial charge in [0.1, 0.15) is 0 Å². The average Bonchev–Trinajstić information content (AvgIpc) is 3.09. The van der Waals surface area contributed by atoms with E-state index >= 15 is 0 Å². The first kappa shape index (κ1) is 36.6. The van der Waals surface area contributed by atoms with E-state index in [0.29, 0.717) is 0 Å². The quantitative estimate of drug-likeness (QED) is 0.238. The van der Waals surface area contributed by atoms with Gasteiger partial charge >= 0.3 is 0 Å². The first-order chi connectivity index (χ1) is 21.2. The number of piperidine rings is 1. The molecule has 0 aromatic heterocycles. The monoisotopic (exact) mass is 585 g/mol. The maximum Gasteiger partial charge on any atom is 0.0401 e. The molecule has 2 heterocycles. The van der Waals surface area contributed by atoms with Crippen LogP contribution in [0.5, 0.6) is 0 Å². The SMILES string of the molecule is CC.CCCC.CCCCCN1CCCc2ccc(CC)cc21.c1ccc(CCc2ccc(C3CCNCC3)cc2)cc1. The predicted molar refractivity (Wildman–Crippen MR) is 193 cm³/mol. The van der Waals surface area contributed by atoms with Crippen molar-refractivity contribution in [2.45, 2.75) is 125 Å². The highest BCUT2D eigenvalue weighted by Gasteiger charge is 2.16. The van der Waals surface area contributed by atoms with E-state index < -0.39 is 0 Å². The molecular formula is C41H64N2. The Morgan fingerprint density at radius 3 is 1.93 bits per heavy atom. The number of hydrogen-bond acceptors (Lipinski definition) is 2. The molecule has 2 aliphatic rings. The van der Waals surface area contributed by atoms with Gasteiger partial charge in [-0.3, -0.25) is 0 Å². The summed E-state index contributed by atoms with van der Waals surface area (Å²) in [5.41, 5.74) is 8.96. The van der Waals surface area contributed by atoms with Crippen molar-refractivity contribution in [2.24, 2.45) is 0 Å². The first-order valence-corrected chi connectivity index (χ1v) is 17.9. The summed E-state index contributed by atoms with van der Waals surface area (Å²) >= 11 is 0. The third kappa shape index (κ3) is 13.7. The second-order valence-electron chi connectivity index (χ2n) is 11.9. The van der Waals surface area contributed by atoms with Crippen LogP contribution >= 0.6 is 0 Å². The zero-order valence-electron chi connectivity index (χ0n) is 28.8. The number of anilines is 1. The summed E-state index contributed by atoms with van der Waals surface area (Å²) in [6.07, 6.45) is 15.2. The number of unbranched alkanes of at least 4 members (excludes halogenated alkanes) is 3. The van der Waals surface area contributed by atoms with E-state index in [1.165, 1.54) is 112 Å². The highest BCUT2D eigenvalue weighted by Crippen LogP contribution is 2.29. The number of nitrogens with zero attached hydrogens (tertiary/aromatic N) is 1. The van der Waals surface area contributed by atoms with Crippen LogP contribution in [-0.4, -0.2) is 26.2 Å². The minimum atomic E-state index is 0.763. The van der Waals surface area contributed by atoms with Crippen molar-refractivity contribution in [1.82, 2.24) is 5.32 Å². The molecule has 3 aromatic carbocycles. The normalized spacial score (nSPS) is 14.2. The molecule has 2 heteroatoms. The minimum Gasteiger partial charge on any atom is -0.371 e. The van der Waals surface area contributed by atoms with E-state index in [1.54, 1.807) is 5.56 Å². The molecule has 2 aliphatic heterocycles. The number of aryl methyl sites for hydroxylation is 4. The van der Waals surface area contributed by atoms with Crippen LogP contribution in [0.2, 0.25) is 0 Å². The molecule has 0 amide bonds. The number of rotatable bonds is 10. The Morgan fingerprint density at radius 1 is 0.698 bits per heavy atom. The van der Waals surface area contributed by atoms with Crippen molar-refractivity contribution < 1.29 is 0 Å². The second-order valence-corrected chi connectivity index (χ2v) is 11.9. The maximum atomic E-state index is 3.43. The molecular weight excluding hydrogens is 520 g/mol. The number of hydrogen-bond donors (Lipinski definition) is 1. The summed E-state index contributed by atoms with van der Waals surface area (Å²) < 4.78 is 0. The van der Waals surface area contributed by atoms with E-state index in [4.69, 9.17) is 0 Å². The molecule has 0 aliphatic carbocycles. The lowest BCUT2D eigenvalue weighted by molar-refractivity contribution is 0.460. The van der Waals surface area contributed by atoms with E-state index in [-0.39, 0.29) is 0 Å². The predicted octanol–water partition coefficient (Wildman–Crippen LogP) is 11.0. The number of fused-ring (bicyclic) bond motifs is 1. The van der Waals surface area contributed by atoms with Crippen molar-refractivity contribution in [1.29, 1.82) is 0 Å². The standard InChI is InChI=1S/C19H23N.C16H25N.C4H10.C2H6/c1-2-4-16(5-3-1)6-7-17-8-10-18(11-9-17)19-12-14-20-15-13-19;1-3-5-6-11-17-12-7-8-15-10-9-14(4-2)13-16(15)17;1-3-4-2;1-2/h1-5,8-11,19-20H,6-7,12-15H2;9-10,13H,3-8,11-12H2,1-2H3;3-4H2,1-2H3;1-2H3. The van der Waals surface area contributed by atoms with Gasteiger partial charge in [-0.1, -0.05) is 134 Å². The third-order valence-corrected chi connectivity index (χ3v) is 8.64. The fraction of sp³-hybridized carbons (Fsp3) is 0.561. The number of nitrogens with one attached hydrogen (secondary N) is 1. The molecule has 0 bridgehead atoms. The molecule has 1 fully saturated rings. The summed E-state index contributed by atoms with van der Waals surface area (Å²) in [4.78, 5) is 2.60. The average molecular weight is 585 g/mol. The van der Waals surface area contributed by atoms with E-state index in [0.717, 1.165) is 25.2 Å². The molecule has 0 spiro atoms. The van der Waals surface area contributed by atoms with E-state index in [2.05, 4.69) is 111 Å². The van der Waals surface area contributed by atoms with Crippen molar-refractivity contribution in [3.05, 3.63) is 101 Å². The topological polar surface area (TPSA) is 15.3 Å². The van der Waals surface area contributed by atoms with Crippen molar-refractivity contribution in [2.75, 3.05) is 31.1 Å². The molecule has 0 atom stereocenters. The lowest BCUT2D eigenvalue weighted by Gasteiger charge is -2.32. The van der Waals surface area contributed by atoms with Gasteiger partial charge in [-0.15, -0.1) is 0 Å². The highest BCUT2D eigenvalue weighted by molar-refractivity contribution is 5.57. The van der Waals surface area contributed by atoms with Crippen LogP contribution in [0, 0.1) is 0 Å². The van der Waals surface area contributed by atoms with Gasteiger partial charge in [0.2, 0.25) is 0 Å². The third-order valence-electron chi connectivity index (χ3n) is 8.64. The van der Waals surface area contributed by atoms with Crippen LogP contribution in [0.15, 0.2) is 72.8 Å². The largest absolute Gasteiger partial charge is 0.371 e. The molecule has 3 aromatic rings. The zero-order chi connectivity index (χ0) is 31.1. The smallest absolute Gasteiger partial charge is 0.0401 e. The zero-order valence-corrected chi connectivity index (χ0v) is 28.8. The van der Waals surface area contributed by atoms with Crippen molar-refractivity contribution in [3.8, 4) is 0 Å². The summed E-state index contributed by atoms with van der Waals surface area (Å²) in [6.45, 7) is 17.7. The van der Waals surface area contributed by atoms with Crippen LogP contribution in [0.4, 0.5) is 5.69 Å². The Morgan fingerprint density at radius 2 is 1.33 bits per heavy atom. The summed E-state index contributed by atoms with van der Waals surface area (Å²) in [5, 5.41) is 3.43. The van der Waals surface area contributed by atoms with Crippen LogP contribution in [0.25, 0.3) is 0 Å². The van der Waals surface area contributed by atoms with E-state index in [9.17, 15) is 0 Å². The minimum absolute atomic E-state index is 0.763. The summed E-state index contributed by atoms with van der Waals surface area (Å²) in [6, 6.07) is 27.1. The fourth-order valence-electron chi connectivity index (χ4n) is 5.75. The van der Waals surface area contributed by atoms with Gasteiger partial charge < -0.3 is 10.2 Å². The highest BCUT2D eigenvalue weighted by atomic mass is 15.1. The van der Waals surface area contributed by atoms with Gasteiger partial charge in [0.05, 0.1) is 0 Å². The Hall–Kier alpha value is -2.58. The Bertz CT molecular complexity index is 1060. The fourth-order valence-corrected chi connectivity index (χ4v) is 5.75. The lowest BCUT2D eigenvalue weighted by Crippen LogP contribution is -2.30. The molecule has 238 valence electrons. The number of benzene rings is 3. The molecule has 5 rings (SSSR count). The Kier molecular flexibility index (Phi) is 19.5. The van der Waals surface area contributed by atoms with Crippen molar-refractivity contribution in [3.63, 3.8) is 0 Å². The van der Waals surface area contributed by atoms with Crippen molar-refractivity contribution >= 4 is 5.69 Å². The van der Waals surface area contributed by atoms with Crippen LogP contribution in [-0.2, 0) is 25.7 Å². The summed E-state index contributed by atoms with van der Waals surface area (Å²) in [5.74, 6) is 0.763. The van der Waals surface area contributed by atoms with E-state index in [1.807, 2.05) is 13.8 Å². The van der Waals surface area contributed by atoms with Crippen LogP contribution in [0.1, 0.15) is 127 Å². The van der Waals surface area contributed by atoms with Crippen LogP contribution in [0.3, 0.4) is 0 Å². The lowest BCUT2D eigenvalue weighted by atomic mass is 9.89. The molecule has 1 N–H and O–H groups in total. The molecule has 0 saturated carbocycles. The summed E-state index contributed by atoms with van der Waals surface area (Å²) in [7, 11) is 0. The van der Waals surface area contributed by atoms with Gasteiger partial charge in [-0.05, 0) is 104 Å². The second kappa shape index (κ2) is 22.9. The van der Waals surface area contributed by atoms with Gasteiger partial charge in [0.15, 0.2) is 0 Å². The Labute approximate surface area is 266 Å².